The van der Waals surface area contributed by atoms with E-state index >= 15 is 0 Å². The lowest BCUT2D eigenvalue weighted by atomic mass is 10.0. The van der Waals surface area contributed by atoms with E-state index in [0.29, 0.717) is 18.1 Å². The molecule has 26 heavy (non-hydrogen) atoms. The topological polar surface area (TPSA) is 84.9 Å². The highest BCUT2D eigenvalue weighted by Crippen LogP contribution is 2.33. The summed E-state index contributed by atoms with van der Waals surface area (Å²) in [5.41, 5.74) is 2.69. The molecule has 2 rings (SSSR count). The van der Waals surface area contributed by atoms with E-state index in [9.17, 15) is 14.4 Å². The van der Waals surface area contributed by atoms with Gasteiger partial charge in [-0.3, -0.25) is 19.3 Å². The lowest BCUT2D eigenvalue weighted by Crippen LogP contribution is -2.40. The van der Waals surface area contributed by atoms with Gasteiger partial charge >= 0.3 is 0 Å². The number of carbonyl (C=O) groups excluding carboxylic acids is 3. The summed E-state index contributed by atoms with van der Waals surface area (Å²) in [6.07, 6.45) is 1.68. The summed E-state index contributed by atoms with van der Waals surface area (Å²) in [4.78, 5) is 37.7. The van der Waals surface area contributed by atoms with Crippen molar-refractivity contribution in [2.24, 2.45) is 0 Å². The van der Waals surface area contributed by atoms with Crippen molar-refractivity contribution in [3.8, 4) is 5.75 Å². The van der Waals surface area contributed by atoms with E-state index in [4.69, 9.17) is 9.47 Å². The van der Waals surface area contributed by atoms with E-state index in [0.717, 1.165) is 39.1 Å². The lowest BCUT2D eigenvalue weighted by molar-refractivity contribution is -0.129. The molecule has 1 saturated heterocycles. The van der Waals surface area contributed by atoms with Crippen LogP contribution in [0.2, 0.25) is 0 Å². The quantitative estimate of drug-likeness (QED) is 0.578. The van der Waals surface area contributed by atoms with Gasteiger partial charge in [-0.25, -0.2) is 0 Å². The van der Waals surface area contributed by atoms with Crippen LogP contribution in [0.25, 0.3) is 6.08 Å². The molecule has 0 saturated carbocycles. The summed E-state index contributed by atoms with van der Waals surface area (Å²) < 4.78 is 10.1. The molecular weight excluding hydrogens is 356 g/mol. The van der Waals surface area contributed by atoms with Gasteiger partial charge in [0.05, 0.1) is 18.6 Å². The molecule has 140 valence electrons. The van der Waals surface area contributed by atoms with E-state index in [1.54, 1.807) is 13.2 Å². The third-order valence-corrected chi connectivity index (χ3v) is 4.78. The Hall–Kier alpha value is -2.32. The summed E-state index contributed by atoms with van der Waals surface area (Å²) in [6.45, 7) is 4.20. The zero-order chi connectivity index (χ0) is 19.3. The molecule has 1 fully saturated rings. The number of hydrogen-bond acceptors (Lipinski definition) is 6. The average Bonchev–Trinajstić information content (AvgIpc) is 2.85. The molecule has 0 aliphatic carbocycles. The molecule has 0 aromatic heterocycles. The Morgan fingerprint density at radius 1 is 1.23 bits per heavy atom. The fourth-order valence-electron chi connectivity index (χ4n) is 2.46. The van der Waals surface area contributed by atoms with Gasteiger partial charge in [-0.1, -0.05) is 0 Å². The number of nitrogens with one attached hydrogen (secondary N) is 1. The van der Waals surface area contributed by atoms with Gasteiger partial charge in [0.2, 0.25) is 5.91 Å². The highest BCUT2D eigenvalue weighted by Gasteiger charge is 2.36. The number of ether oxygens (including phenoxy) is 2. The zero-order valence-electron chi connectivity index (χ0n) is 15.3. The summed E-state index contributed by atoms with van der Waals surface area (Å²) in [7, 11) is 3.13. The first-order chi connectivity index (χ1) is 12.4. The maximum atomic E-state index is 12.5. The molecule has 1 aromatic rings. The normalized spacial score (nSPS) is 15.7. The third kappa shape index (κ3) is 4.64. The van der Waals surface area contributed by atoms with Crippen molar-refractivity contribution in [1.82, 2.24) is 10.2 Å². The molecule has 1 aliphatic rings. The number of carbonyl (C=O) groups is 3. The van der Waals surface area contributed by atoms with Gasteiger partial charge in [-0.15, -0.1) is 0 Å². The number of amides is 3. The minimum Gasteiger partial charge on any atom is -0.496 e. The maximum Gasteiger partial charge on any atom is 0.294 e. The minimum atomic E-state index is -0.463. The maximum absolute atomic E-state index is 12.5. The molecule has 7 nitrogen and oxygen atoms in total. The summed E-state index contributed by atoms with van der Waals surface area (Å²) >= 11 is 0.834. The molecule has 3 amide bonds. The highest BCUT2D eigenvalue weighted by molar-refractivity contribution is 8.18. The molecule has 0 atom stereocenters. The van der Waals surface area contributed by atoms with Gasteiger partial charge in [-0.05, 0) is 60.5 Å². The van der Waals surface area contributed by atoms with Crippen LogP contribution in [0, 0.1) is 13.8 Å². The smallest absolute Gasteiger partial charge is 0.294 e. The molecule has 1 N–H and O–H groups in total. The third-order valence-electron chi connectivity index (χ3n) is 3.87. The van der Waals surface area contributed by atoms with Crippen LogP contribution in [0.4, 0.5) is 4.79 Å². The van der Waals surface area contributed by atoms with Crippen LogP contribution in [0.15, 0.2) is 17.0 Å². The number of imide groups is 1. The Balaban J connectivity index is 2.14. The van der Waals surface area contributed by atoms with Crippen molar-refractivity contribution in [2.75, 3.05) is 33.9 Å². The Kier molecular flexibility index (Phi) is 6.82. The van der Waals surface area contributed by atoms with Gasteiger partial charge in [0.1, 0.15) is 12.3 Å². The zero-order valence-corrected chi connectivity index (χ0v) is 16.1. The van der Waals surface area contributed by atoms with Gasteiger partial charge in [0.25, 0.3) is 11.1 Å². The van der Waals surface area contributed by atoms with Crippen molar-refractivity contribution in [3.05, 3.63) is 33.7 Å². The summed E-state index contributed by atoms with van der Waals surface area (Å²) in [5.74, 6) is -0.0997. The standard InChI is InChI=1S/C18H22N2O5S/c1-11-8-14(25-4)12(2)7-13(11)9-15-17(22)20(18(23)26-15)10-16(21)19-5-6-24-3/h7-9H,5-6,10H2,1-4H3,(H,19,21)/b15-9-. The molecule has 1 heterocycles. The Labute approximate surface area is 156 Å². The predicted octanol–water partition coefficient (Wildman–Crippen LogP) is 2.11. The van der Waals surface area contributed by atoms with Crippen molar-refractivity contribution >= 4 is 34.9 Å². The SMILES string of the molecule is COCCNC(=O)CN1C(=O)S/C(=C\c2cc(C)c(OC)cc2C)C1=O. The van der Waals surface area contributed by atoms with E-state index in [1.165, 1.54) is 7.11 Å². The number of nitrogens with zero attached hydrogens (tertiary/aromatic N) is 1. The van der Waals surface area contributed by atoms with Crippen LogP contribution in [0.1, 0.15) is 16.7 Å². The second kappa shape index (κ2) is 8.86. The molecule has 0 radical (unpaired) electrons. The fraction of sp³-hybridized carbons (Fsp3) is 0.389. The van der Waals surface area contributed by atoms with E-state index in [2.05, 4.69) is 5.32 Å². The lowest BCUT2D eigenvalue weighted by Gasteiger charge is -2.12. The average molecular weight is 378 g/mol. The van der Waals surface area contributed by atoms with E-state index in [-0.39, 0.29) is 6.54 Å². The van der Waals surface area contributed by atoms with Crippen LogP contribution in [0.5, 0.6) is 5.75 Å². The van der Waals surface area contributed by atoms with Gasteiger partial charge in [0.15, 0.2) is 0 Å². The fourth-order valence-corrected chi connectivity index (χ4v) is 3.29. The number of rotatable bonds is 7. The summed E-state index contributed by atoms with van der Waals surface area (Å²) in [6, 6.07) is 3.79. The minimum absolute atomic E-state index is 0.298. The van der Waals surface area contributed by atoms with Crippen LogP contribution < -0.4 is 10.1 Å². The number of aryl methyl sites for hydroxylation is 2. The Morgan fingerprint density at radius 3 is 2.62 bits per heavy atom. The van der Waals surface area contributed by atoms with Crippen LogP contribution in [0.3, 0.4) is 0 Å². The second-order valence-corrected chi connectivity index (χ2v) is 6.78. The first-order valence-electron chi connectivity index (χ1n) is 8.03. The van der Waals surface area contributed by atoms with Crippen LogP contribution in [-0.2, 0) is 14.3 Å². The van der Waals surface area contributed by atoms with Crippen molar-refractivity contribution < 1.29 is 23.9 Å². The number of thioether (sulfide) groups is 1. The Bertz CT molecular complexity index is 760. The largest absolute Gasteiger partial charge is 0.496 e. The molecule has 1 aliphatic heterocycles. The highest BCUT2D eigenvalue weighted by atomic mass is 32.2. The number of benzene rings is 1. The van der Waals surface area contributed by atoms with Crippen LogP contribution in [-0.4, -0.2) is 55.9 Å². The second-order valence-electron chi connectivity index (χ2n) is 5.79. The predicted molar refractivity (Wildman–Crippen MR) is 100 cm³/mol. The van der Waals surface area contributed by atoms with E-state index in [1.807, 2.05) is 26.0 Å². The van der Waals surface area contributed by atoms with Crippen LogP contribution >= 0.6 is 11.8 Å². The van der Waals surface area contributed by atoms with Crippen molar-refractivity contribution in [2.45, 2.75) is 13.8 Å². The molecule has 0 spiro atoms. The molecule has 1 aromatic carbocycles. The van der Waals surface area contributed by atoms with Crippen molar-refractivity contribution in [1.29, 1.82) is 0 Å². The monoisotopic (exact) mass is 378 g/mol. The van der Waals surface area contributed by atoms with Gasteiger partial charge < -0.3 is 14.8 Å². The molecule has 0 unspecified atom stereocenters. The number of hydrogen-bond donors (Lipinski definition) is 1. The summed E-state index contributed by atoms with van der Waals surface area (Å²) in [5, 5.41) is 2.14. The number of methoxy groups -OCH3 is 2. The molecule has 0 bridgehead atoms. The van der Waals surface area contributed by atoms with Gasteiger partial charge in [0, 0.05) is 13.7 Å². The Morgan fingerprint density at radius 2 is 1.96 bits per heavy atom. The molecule has 8 heteroatoms. The van der Waals surface area contributed by atoms with Gasteiger partial charge in [-0.2, -0.15) is 0 Å². The molecular formula is C18H22N2O5S. The van der Waals surface area contributed by atoms with Crippen molar-refractivity contribution in [3.63, 3.8) is 0 Å². The first-order valence-corrected chi connectivity index (χ1v) is 8.85. The van der Waals surface area contributed by atoms with E-state index < -0.39 is 17.1 Å². The first kappa shape index (κ1) is 20.0.